The molecule has 2 atom stereocenters. The molecule has 2 unspecified atom stereocenters. The Kier molecular flexibility index (Phi) is 3.59. The molecule has 5 nitrogen and oxygen atoms in total. The molecule has 1 aromatic carbocycles. The number of benzene rings is 1. The molecule has 0 bridgehead atoms. The van der Waals surface area contributed by atoms with E-state index in [4.69, 9.17) is 16.1 Å². The molecule has 16 heavy (non-hydrogen) atoms. The molecule has 2 rings (SSSR count). The maximum atomic E-state index is 11.2. The van der Waals surface area contributed by atoms with Crippen LogP contribution in [0.25, 0.3) is 0 Å². The van der Waals surface area contributed by atoms with Crippen molar-refractivity contribution in [1.29, 1.82) is 0 Å². The lowest BCUT2D eigenvalue weighted by molar-refractivity contribution is 0.176. The van der Waals surface area contributed by atoms with Crippen LogP contribution in [-0.4, -0.2) is 23.9 Å². The Morgan fingerprint density at radius 3 is 2.69 bits per heavy atom. The molecule has 1 aliphatic rings. The number of carbonyl (C=O) groups excluding carboxylic acids is 1. The Labute approximate surface area is 99.2 Å². The minimum absolute atomic E-state index is 0. The van der Waals surface area contributed by atoms with Crippen LogP contribution in [0.5, 0.6) is 0 Å². The highest BCUT2D eigenvalue weighted by molar-refractivity contribution is 7.05. The van der Waals surface area contributed by atoms with Gasteiger partial charge in [-0.1, -0.05) is 29.8 Å². The Balaban J connectivity index is 0.00000128. The van der Waals surface area contributed by atoms with Gasteiger partial charge >= 0.3 is 6.55 Å². The summed E-state index contributed by atoms with van der Waals surface area (Å²) in [6.07, 6.45) is -0.460. The summed E-state index contributed by atoms with van der Waals surface area (Å²) in [4.78, 5) is 11.2. The Hall–Kier alpha value is -1.08. The quantitative estimate of drug-likeness (QED) is 0.606. The monoisotopic (exact) mass is 243 g/mol. The maximum Gasteiger partial charge on any atom is 0.356 e. The van der Waals surface area contributed by atoms with Crippen LogP contribution in [0.4, 0.5) is 4.79 Å². The summed E-state index contributed by atoms with van der Waals surface area (Å²) >= 11 is 0. The predicted molar refractivity (Wildman–Crippen MR) is 63.8 cm³/mol. The lowest BCUT2D eigenvalue weighted by Gasteiger charge is -2.28. The van der Waals surface area contributed by atoms with Gasteiger partial charge in [-0.2, -0.15) is 0 Å². The van der Waals surface area contributed by atoms with Gasteiger partial charge in [0.1, 0.15) is 5.81 Å². The molecule has 1 aliphatic heterocycles. The summed E-state index contributed by atoms with van der Waals surface area (Å²) in [6, 6.07) is 6.93. The normalized spacial score (nSPS) is 27.0. The Morgan fingerprint density at radius 1 is 1.50 bits per heavy atom. The van der Waals surface area contributed by atoms with E-state index in [2.05, 4.69) is 0 Å². The van der Waals surface area contributed by atoms with Gasteiger partial charge in [0.15, 0.2) is 0 Å². The van der Waals surface area contributed by atoms with Gasteiger partial charge in [0.2, 0.25) is 0 Å². The first kappa shape index (κ1) is 13.0. The van der Waals surface area contributed by atoms with Crippen molar-refractivity contribution in [2.75, 3.05) is 6.54 Å². The van der Waals surface area contributed by atoms with Gasteiger partial charge in [0, 0.05) is 12.6 Å². The van der Waals surface area contributed by atoms with Gasteiger partial charge in [-0.15, -0.1) is 17.9 Å². The second-order valence-corrected chi connectivity index (χ2v) is 3.64. The zero-order valence-corrected chi connectivity index (χ0v) is 9.31. The summed E-state index contributed by atoms with van der Waals surface area (Å²) in [5.74, 6) is -0.863. The van der Waals surface area contributed by atoms with Crippen molar-refractivity contribution in [3.8, 4) is 0 Å². The topological polar surface area (TPSA) is 98.6 Å². The fourth-order valence-electron chi connectivity index (χ4n) is 1.95. The summed E-state index contributed by atoms with van der Waals surface area (Å²) in [5, 5.41) is 10.0. The van der Waals surface area contributed by atoms with E-state index in [-0.39, 0.29) is 19.0 Å². The van der Waals surface area contributed by atoms with Gasteiger partial charge in [-0.05, 0) is 0 Å². The van der Waals surface area contributed by atoms with E-state index in [1.54, 1.807) is 24.3 Å². The number of hydrogen-bond acceptors (Lipinski definition) is 4. The van der Waals surface area contributed by atoms with Crippen LogP contribution in [0.1, 0.15) is 11.7 Å². The zero-order chi connectivity index (χ0) is 11.1. The van der Waals surface area contributed by atoms with Gasteiger partial charge in [0.05, 0.1) is 0 Å². The van der Waals surface area contributed by atoms with E-state index < -0.39 is 18.5 Å². The van der Waals surface area contributed by atoms with Crippen LogP contribution in [-0.2, 0) is 4.65 Å². The lowest BCUT2D eigenvalue weighted by Crippen LogP contribution is -2.58. The third-order valence-corrected chi connectivity index (χ3v) is 2.73. The third kappa shape index (κ3) is 1.70. The van der Waals surface area contributed by atoms with Gasteiger partial charge in [0.25, 0.3) is 0 Å². The van der Waals surface area contributed by atoms with Crippen molar-refractivity contribution in [1.82, 2.24) is 0 Å². The Morgan fingerprint density at radius 2 is 2.12 bits per heavy atom. The van der Waals surface area contributed by atoms with Crippen LogP contribution >= 0.6 is 12.4 Å². The largest absolute Gasteiger partial charge is 0.573 e. The number of primary amides is 1. The third-order valence-electron chi connectivity index (χ3n) is 2.73. The number of fused-ring (bicyclic) bond motifs is 1. The molecule has 5 N–H and O–H groups in total. The summed E-state index contributed by atoms with van der Waals surface area (Å²) in [7, 11) is 0. The number of amides is 1. The van der Waals surface area contributed by atoms with Crippen molar-refractivity contribution < 1.29 is 14.5 Å². The average molecular weight is 243 g/mol. The second-order valence-electron chi connectivity index (χ2n) is 3.64. The summed E-state index contributed by atoms with van der Waals surface area (Å²) in [5.41, 5.74) is 11.8. The van der Waals surface area contributed by atoms with Gasteiger partial charge in [-0.3, -0.25) is 0 Å². The smallest absolute Gasteiger partial charge is 0.356 e. The fourth-order valence-corrected chi connectivity index (χ4v) is 1.95. The van der Waals surface area contributed by atoms with Gasteiger partial charge < -0.3 is 25.9 Å². The Bertz CT molecular complexity index is 417. The van der Waals surface area contributed by atoms with Crippen molar-refractivity contribution in [2.24, 2.45) is 11.5 Å². The molecular weight excluding hydrogens is 230 g/mol. The van der Waals surface area contributed by atoms with Crippen LogP contribution in [0, 0.1) is 0 Å². The highest BCUT2D eigenvalue weighted by Gasteiger charge is 2.42. The van der Waals surface area contributed by atoms with E-state index in [9.17, 15) is 9.82 Å². The van der Waals surface area contributed by atoms with E-state index >= 15 is 0 Å². The van der Waals surface area contributed by atoms with Gasteiger partial charge in [-0.25, -0.2) is 0 Å². The SMILES string of the molecule is Cl.NCC1O[B-](O)(C(N)=O)c2ccccc21. The van der Waals surface area contributed by atoms with E-state index in [1.807, 2.05) is 0 Å². The minimum atomic E-state index is -2.75. The molecule has 1 amide bonds. The zero-order valence-electron chi connectivity index (χ0n) is 8.50. The second kappa shape index (κ2) is 4.43. The molecule has 0 aromatic heterocycles. The van der Waals surface area contributed by atoms with Crippen LogP contribution in [0.2, 0.25) is 0 Å². The number of rotatable bonds is 2. The first-order chi connectivity index (χ1) is 7.09. The summed E-state index contributed by atoms with van der Waals surface area (Å²) in [6.45, 7) is -2.54. The molecule has 1 heterocycles. The standard InChI is InChI=1S/C9H12BN2O3.ClH/c11-5-8-6-3-1-2-4-7(6)10(14,15-8)9(12)13;/h1-4,8,14H,5,11H2,(H2,12,13);1H/q-1;. The number of carbonyl (C=O) groups is 1. The van der Waals surface area contributed by atoms with Crippen LogP contribution < -0.4 is 16.9 Å². The molecule has 0 saturated carbocycles. The average Bonchev–Trinajstić information content (AvgIpc) is 2.54. The lowest BCUT2D eigenvalue weighted by atomic mass is 9.52. The van der Waals surface area contributed by atoms with Crippen molar-refractivity contribution in [2.45, 2.75) is 6.10 Å². The fraction of sp³-hybridized carbons (Fsp3) is 0.222. The number of hydrogen-bond donors (Lipinski definition) is 3. The van der Waals surface area contributed by atoms with E-state index in [0.29, 0.717) is 5.46 Å². The molecule has 1 aromatic rings. The summed E-state index contributed by atoms with van der Waals surface area (Å²) < 4.78 is 5.25. The molecular formula is C9H13BClN2O3-. The molecule has 0 spiro atoms. The highest BCUT2D eigenvalue weighted by atomic mass is 35.5. The van der Waals surface area contributed by atoms with E-state index in [1.165, 1.54) is 0 Å². The molecule has 0 aliphatic carbocycles. The molecule has 0 fully saturated rings. The predicted octanol–water partition coefficient (Wildman–Crippen LogP) is -0.560. The van der Waals surface area contributed by atoms with Crippen molar-refractivity contribution in [3.05, 3.63) is 29.8 Å². The first-order valence-electron chi connectivity index (χ1n) is 4.73. The number of halogens is 1. The maximum absolute atomic E-state index is 11.2. The van der Waals surface area contributed by atoms with E-state index in [0.717, 1.165) is 5.56 Å². The van der Waals surface area contributed by atoms with Crippen molar-refractivity contribution in [3.63, 3.8) is 0 Å². The molecule has 0 radical (unpaired) electrons. The first-order valence-corrected chi connectivity index (χ1v) is 4.73. The molecule has 0 saturated heterocycles. The van der Waals surface area contributed by atoms with Crippen LogP contribution in [0.15, 0.2) is 24.3 Å². The molecule has 7 heteroatoms. The molecule has 88 valence electrons. The number of nitrogens with two attached hydrogens (primary N) is 2. The minimum Gasteiger partial charge on any atom is -0.573 e. The van der Waals surface area contributed by atoms with Crippen LogP contribution in [0.3, 0.4) is 0 Å². The highest BCUT2D eigenvalue weighted by Crippen LogP contribution is 2.27. The van der Waals surface area contributed by atoms with Crippen molar-refractivity contribution >= 4 is 30.2 Å².